The number of rotatable bonds is 6. The predicted molar refractivity (Wildman–Crippen MR) is 105 cm³/mol. The maximum atomic E-state index is 12.1. The smallest absolute Gasteiger partial charge is 0.314 e. The lowest BCUT2D eigenvalue weighted by Gasteiger charge is -2.26. The molecule has 1 aromatic carbocycles. The molecule has 2 aliphatic rings. The third-order valence-corrected chi connectivity index (χ3v) is 5.14. The van der Waals surface area contributed by atoms with Crippen LogP contribution in [0.2, 0.25) is 0 Å². The van der Waals surface area contributed by atoms with Crippen molar-refractivity contribution in [2.45, 2.75) is 51.4 Å². The average Bonchev–Trinajstić information content (AvgIpc) is 3.10. The quantitative estimate of drug-likeness (QED) is 0.374. The number of imide groups is 1. The summed E-state index contributed by atoms with van der Waals surface area (Å²) in [6, 6.07) is 7.05. The van der Waals surface area contributed by atoms with Gasteiger partial charge in [-0.25, -0.2) is 0 Å². The van der Waals surface area contributed by atoms with Crippen molar-refractivity contribution in [3.05, 3.63) is 29.8 Å². The summed E-state index contributed by atoms with van der Waals surface area (Å²) in [5.41, 5.74) is 6.57. The molecule has 158 valence electrons. The Hall–Kier alpha value is -2.74. The molecule has 29 heavy (non-hydrogen) atoms. The van der Waals surface area contributed by atoms with E-state index >= 15 is 0 Å². The van der Waals surface area contributed by atoms with Gasteiger partial charge in [0.2, 0.25) is 11.8 Å². The first-order chi connectivity index (χ1) is 13.9. The molecular formula is C21H28N2O6. The van der Waals surface area contributed by atoms with Crippen molar-refractivity contribution in [2.75, 3.05) is 6.54 Å². The number of carboxylic acids is 1. The molecule has 1 heterocycles. The van der Waals surface area contributed by atoms with Crippen LogP contribution in [0.5, 0.6) is 5.75 Å². The number of aryl methyl sites for hydroxylation is 1. The number of carbonyl (C=O) groups is 4. The summed E-state index contributed by atoms with van der Waals surface area (Å²) >= 11 is 0. The Labute approximate surface area is 169 Å². The Morgan fingerprint density at radius 2 is 1.62 bits per heavy atom. The monoisotopic (exact) mass is 404 g/mol. The second-order valence-corrected chi connectivity index (χ2v) is 7.38. The van der Waals surface area contributed by atoms with Gasteiger partial charge in [-0.1, -0.05) is 12.1 Å². The number of esters is 1. The Bertz CT molecular complexity index is 709. The minimum atomic E-state index is -0.816. The molecule has 0 spiro atoms. The van der Waals surface area contributed by atoms with Gasteiger partial charge in [0.05, 0.1) is 5.92 Å². The second kappa shape index (κ2) is 11.3. The van der Waals surface area contributed by atoms with Crippen molar-refractivity contribution in [2.24, 2.45) is 17.6 Å². The highest BCUT2D eigenvalue weighted by Gasteiger charge is 2.27. The molecule has 1 saturated carbocycles. The van der Waals surface area contributed by atoms with Crippen molar-refractivity contribution in [1.29, 1.82) is 0 Å². The molecule has 1 aliphatic heterocycles. The van der Waals surface area contributed by atoms with Crippen LogP contribution in [0, 0.1) is 11.8 Å². The zero-order valence-corrected chi connectivity index (χ0v) is 16.4. The highest BCUT2D eigenvalue weighted by atomic mass is 16.5. The van der Waals surface area contributed by atoms with Crippen LogP contribution < -0.4 is 15.8 Å². The van der Waals surface area contributed by atoms with Crippen LogP contribution in [-0.2, 0) is 25.6 Å². The van der Waals surface area contributed by atoms with Crippen molar-refractivity contribution in [3.63, 3.8) is 0 Å². The van der Waals surface area contributed by atoms with E-state index in [1.165, 1.54) is 0 Å². The summed E-state index contributed by atoms with van der Waals surface area (Å²) in [5.74, 6) is -0.260. The molecule has 1 aliphatic carbocycles. The standard InChI is InChI=1S/C17H23NO4.C4H5NO2/c18-11-13-1-6-14(7-2-13)17(21)22-15-8-3-12(4-9-15)5-10-16(19)20;6-3-1-2-4(7)5-3/h3-4,8-9,13-14H,1-2,5-7,10-11,18H2,(H,19,20);1-2H2,(H,5,6,7)/t13-,14-;. The van der Waals surface area contributed by atoms with Crippen LogP contribution in [0.4, 0.5) is 0 Å². The molecule has 2 fully saturated rings. The van der Waals surface area contributed by atoms with E-state index in [-0.39, 0.29) is 30.1 Å². The van der Waals surface area contributed by atoms with E-state index in [0.717, 1.165) is 31.2 Å². The number of aliphatic carboxylic acids is 1. The van der Waals surface area contributed by atoms with Crippen molar-refractivity contribution < 1.29 is 29.0 Å². The molecule has 0 atom stereocenters. The average molecular weight is 404 g/mol. The summed E-state index contributed by atoms with van der Waals surface area (Å²) in [6.45, 7) is 0.694. The van der Waals surface area contributed by atoms with Crippen LogP contribution in [-0.4, -0.2) is 35.4 Å². The third-order valence-electron chi connectivity index (χ3n) is 5.14. The SMILES string of the molecule is NC[C@H]1CC[C@H](C(=O)Oc2ccc(CCC(=O)O)cc2)CC1.O=C1CCC(=O)N1. The topological polar surface area (TPSA) is 136 Å². The van der Waals surface area contributed by atoms with Gasteiger partial charge >= 0.3 is 11.9 Å². The first-order valence-electron chi connectivity index (χ1n) is 9.92. The molecule has 4 N–H and O–H groups in total. The van der Waals surface area contributed by atoms with Gasteiger partial charge in [-0.05, 0) is 62.3 Å². The van der Waals surface area contributed by atoms with Gasteiger partial charge in [-0.15, -0.1) is 0 Å². The number of carboxylic acid groups (broad SMARTS) is 1. The van der Waals surface area contributed by atoms with Crippen molar-refractivity contribution >= 4 is 23.8 Å². The van der Waals surface area contributed by atoms with Gasteiger partial charge in [0, 0.05) is 19.3 Å². The highest BCUT2D eigenvalue weighted by Crippen LogP contribution is 2.29. The molecule has 8 nitrogen and oxygen atoms in total. The first-order valence-corrected chi connectivity index (χ1v) is 9.92. The van der Waals surface area contributed by atoms with Gasteiger partial charge in [0.15, 0.2) is 0 Å². The summed E-state index contributed by atoms with van der Waals surface area (Å²) in [7, 11) is 0. The number of benzene rings is 1. The fraction of sp³-hybridized carbons (Fsp3) is 0.524. The molecule has 8 heteroatoms. The lowest BCUT2D eigenvalue weighted by Crippen LogP contribution is -2.28. The van der Waals surface area contributed by atoms with Gasteiger partial charge in [-0.2, -0.15) is 0 Å². The van der Waals surface area contributed by atoms with Crippen LogP contribution in [0.1, 0.15) is 50.5 Å². The number of amides is 2. The summed E-state index contributed by atoms with van der Waals surface area (Å²) in [4.78, 5) is 42.9. The van der Waals surface area contributed by atoms with E-state index in [2.05, 4.69) is 5.32 Å². The molecule has 0 radical (unpaired) electrons. The zero-order chi connectivity index (χ0) is 21.2. The maximum Gasteiger partial charge on any atom is 0.314 e. The molecule has 0 unspecified atom stereocenters. The molecule has 0 aromatic heterocycles. The fourth-order valence-electron chi connectivity index (χ4n) is 3.32. The van der Waals surface area contributed by atoms with E-state index in [9.17, 15) is 19.2 Å². The van der Waals surface area contributed by atoms with Gasteiger partial charge < -0.3 is 15.6 Å². The minimum Gasteiger partial charge on any atom is -0.481 e. The summed E-state index contributed by atoms with van der Waals surface area (Å²) in [5, 5.41) is 10.8. The van der Waals surface area contributed by atoms with E-state index in [1.807, 2.05) is 0 Å². The van der Waals surface area contributed by atoms with E-state index in [1.54, 1.807) is 24.3 Å². The fourth-order valence-corrected chi connectivity index (χ4v) is 3.32. The summed E-state index contributed by atoms with van der Waals surface area (Å²) in [6.07, 6.45) is 5.00. The van der Waals surface area contributed by atoms with E-state index in [4.69, 9.17) is 15.6 Å². The summed E-state index contributed by atoms with van der Waals surface area (Å²) < 4.78 is 5.42. The Morgan fingerprint density at radius 3 is 2.07 bits per heavy atom. The van der Waals surface area contributed by atoms with Gasteiger partial charge in [0.25, 0.3) is 0 Å². The normalized spacial score (nSPS) is 21.0. The Morgan fingerprint density at radius 1 is 1.03 bits per heavy atom. The maximum absolute atomic E-state index is 12.1. The highest BCUT2D eigenvalue weighted by molar-refractivity contribution is 6.01. The molecule has 1 aromatic rings. The molecule has 3 rings (SSSR count). The Kier molecular flexibility index (Phi) is 8.79. The Balaban J connectivity index is 0.000000360. The van der Waals surface area contributed by atoms with Crippen LogP contribution >= 0.6 is 0 Å². The zero-order valence-electron chi connectivity index (χ0n) is 16.4. The van der Waals surface area contributed by atoms with Crippen LogP contribution in [0.15, 0.2) is 24.3 Å². The van der Waals surface area contributed by atoms with Gasteiger partial charge in [0.1, 0.15) is 5.75 Å². The second-order valence-electron chi connectivity index (χ2n) is 7.38. The minimum absolute atomic E-state index is 0.0329. The number of carbonyl (C=O) groups excluding carboxylic acids is 3. The lowest BCUT2D eigenvalue weighted by molar-refractivity contribution is -0.140. The molecule has 0 bridgehead atoms. The molecule has 2 amide bonds. The predicted octanol–water partition coefficient (Wildman–Crippen LogP) is 1.80. The number of nitrogens with one attached hydrogen (secondary N) is 1. The number of nitrogens with two attached hydrogens (primary N) is 1. The lowest BCUT2D eigenvalue weighted by atomic mass is 9.82. The first kappa shape index (κ1) is 22.5. The number of hydrogen-bond donors (Lipinski definition) is 3. The van der Waals surface area contributed by atoms with E-state index < -0.39 is 5.97 Å². The largest absolute Gasteiger partial charge is 0.481 e. The van der Waals surface area contributed by atoms with Crippen molar-refractivity contribution in [3.8, 4) is 5.75 Å². The number of hydrogen-bond acceptors (Lipinski definition) is 6. The number of ether oxygens (including phenoxy) is 1. The van der Waals surface area contributed by atoms with Crippen molar-refractivity contribution in [1.82, 2.24) is 5.32 Å². The molecular weight excluding hydrogens is 376 g/mol. The van der Waals surface area contributed by atoms with E-state index in [0.29, 0.717) is 37.5 Å². The van der Waals surface area contributed by atoms with Crippen LogP contribution in [0.25, 0.3) is 0 Å². The van der Waals surface area contributed by atoms with Crippen LogP contribution in [0.3, 0.4) is 0 Å². The molecule has 1 saturated heterocycles. The van der Waals surface area contributed by atoms with Gasteiger partial charge in [-0.3, -0.25) is 24.5 Å². The third kappa shape index (κ3) is 8.03.